The molecule has 1 fully saturated rings. The summed E-state index contributed by atoms with van der Waals surface area (Å²) in [5, 5.41) is 21.8. The SMILES string of the molecule is Cc1cc2ccc(/C(C=N)=C/N)cc2cc1NC(=O)[C@H]1CCN(C#N)C1(C)C. The second-order valence-electron chi connectivity index (χ2n) is 7.73. The molecule has 0 aromatic heterocycles. The van der Waals surface area contributed by atoms with Crippen molar-refractivity contribution in [2.45, 2.75) is 32.7 Å². The predicted molar refractivity (Wildman–Crippen MR) is 113 cm³/mol. The molecule has 0 saturated carbocycles. The number of aryl methyl sites for hydroxylation is 1. The Morgan fingerprint density at radius 1 is 1.36 bits per heavy atom. The molecule has 6 heteroatoms. The van der Waals surface area contributed by atoms with Crippen molar-refractivity contribution in [2.75, 3.05) is 11.9 Å². The minimum Gasteiger partial charge on any atom is -0.404 e. The van der Waals surface area contributed by atoms with Crippen LogP contribution in [0.15, 0.2) is 36.5 Å². The molecule has 0 bridgehead atoms. The predicted octanol–water partition coefficient (Wildman–Crippen LogP) is 3.62. The van der Waals surface area contributed by atoms with E-state index in [1.807, 2.05) is 51.1 Å². The Hall–Kier alpha value is -3.33. The second-order valence-corrected chi connectivity index (χ2v) is 7.73. The highest BCUT2D eigenvalue weighted by molar-refractivity contribution is 6.09. The van der Waals surface area contributed by atoms with Crippen molar-refractivity contribution in [3.8, 4) is 6.19 Å². The summed E-state index contributed by atoms with van der Waals surface area (Å²) >= 11 is 0. The van der Waals surface area contributed by atoms with Gasteiger partial charge >= 0.3 is 0 Å². The summed E-state index contributed by atoms with van der Waals surface area (Å²) in [6.07, 6.45) is 5.48. The number of carbonyl (C=O) groups excluding carboxylic acids is 1. The van der Waals surface area contributed by atoms with Gasteiger partial charge < -0.3 is 21.4 Å². The monoisotopic (exact) mass is 375 g/mol. The van der Waals surface area contributed by atoms with Crippen LogP contribution in [0.2, 0.25) is 0 Å². The van der Waals surface area contributed by atoms with E-state index in [4.69, 9.17) is 11.1 Å². The zero-order valence-corrected chi connectivity index (χ0v) is 16.4. The third kappa shape index (κ3) is 3.31. The first-order valence-electron chi connectivity index (χ1n) is 9.27. The summed E-state index contributed by atoms with van der Waals surface area (Å²) in [4.78, 5) is 14.6. The number of fused-ring (bicyclic) bond motifs is 1. The highest BCUT2D eigenvalue weighted by atomic mass is 16.2. The van der Waals surface area contributed by atoms with Crippen LogP contribution in [0, 0.1) is 29.7 Å². The van der Waals surface area contributed by atoms with Crippen LogP contribution in [-0.2, 0) is 4.79 Å². The topological polar surface area (TPSA) is 106 Å². The van der Waals surface area contributed by atoms with Crippen molar-refractivity contribution in [2.24, 2.45) is 11.7 Å². The van der Waals surface area contributed by atoms with E-state index in [9.17, 15) is 10.1 Å². The van der Waals surface area contributed by atoms with Crippen molar-refractivity contribution in [3.63, 3.8) is 0 Å². The number of nitrogens with zero attached hydrogens (tertiary/aromatic N) is 2. The van der Waals surface area contributed by atoms with E-state index in [2.05, 4.69) is 11.5 Å². The lowest BCUT2D eigenvalue weighted by Gasteiger charge is -2.31. The number of carbonyl (C=O) groups is 1. The number of rotatable bonds is 4. The van der Waals surface area contributed by atoms with Crippen LogP contribution in [0.25, 0.3) is 16.3 Å². The smallest absolute Gasteiger partial charge is 0.229 e. The number of likely N-dealkylation sites (tertiary alicyclic amines) is 1. The van der Waals surface area contributed by atoms with Crippen molar-refractivity contribution >= 4 is 34.2 Å². The summed E-state index contributed by atoms with van der Waals surface area (Å²) in [5.74, 6) is -0.318. The third-order valence-electron chi connectivity index (χ3n) is 5.74. The first kappa shape index (κ1) is 19.4. The molecular formula is C22H25N5O. The molecule has 3 rings (SSSR count). The fraction of sp³-hybridized carbons (Fsp3) is 0.318. The van der Waals surface area contributed by atoms with Gasteiger partial charge in [-0.3, -0.25) is 4.79 Å². The molecule has 0 aliphatic carbocycles. The molecule has 0 spiro atoms. The van der Waals surface area contributed by atoms with Gasteiger partial charge in [0.05, 0.1) is 11.5 Å². The number of hydrogen-bond acceptors (Lipinski definition) is 5. The molecular weight excluding hydrogens is 350 g/mol. The molecule has 28 heavy (non-hydrogen) atoms. The standard InChI is InChI=1S/C22H25N5O/c1-14-8-15-4-5-16(18(11-23)12-24)9-17(15)10-20(14)26-21(28)19-6-7-27(13-25)22(19,2)3/h4-5,8-12,19,23H,6-7,24H2,1-3H3,(H,26,28)/b18-12+,23-11?/t19-/m1/s1. The molecule has 0 radical (unpaired) electrons. The van der Waals surface area contributed by atoms with Crippen LogP contribution in [0.5, 0.6) is 0 Å². The number of nitriles is 1. The Balaban J connectivity index is 1.93. The average molecular weight is 375 g/mol. The number of anilines is 1. The lowest BCUT2D eigenvalue weighted by atomic mass is 9.87. The number of amides is 1. The van der Waals surface area contributed by atoms with Crippen LogP contribution in [0.3, 0.4) is 0 Å². The van der Waals surface area contributed by atoms with Crippen molar-refractivity contribution in [1.29, 1.82) is 10.7 Å². The molecule has 2 aromatic carbocycles. The maximum Gasteiger partial charge on any atom is 0.229 e. The van der Waals surface area contributed by atoms with Crippen LogP contribution in [-0.4, -0.2) is 29.1 Å². The molecule has 1 saturated heterocycles. The zero-order valence-electron chi connectivity index (χ0n) is 16.4. The van der Waals surface area contributed by atoms with Gasteiger partial charge in [-0.15, -0.1) is 0 Å². The first-order chi connectivity index (χ1) is 13.3. The van der Waals surface area contributed by atoms with Crippen LogP contribution in [0.1, 0.15) is 31.4 Å². The quantitative estimate of drug-likeness (QED) is 0.560. The van der Waals surface area contributed by atoms with Gasteiger partial charge in [-0.1, -0.05) is 12.1 Å². The van der Waals surface area contributed by atoms with Crippen LogP contribution in [0.4, 0.5) is 5.69 Å². The summed E-state index contributed by atoms with van der Waals surface area (Å²) < 4.78 is 0. The highest BCUT2D eigenvalue weighted by Gasteiger charge is 2.45. The van der Waals surface area contributed by atoms with Crippen LogP contribution >= 0.6 is 0 Å². The van der Waals surface area contributed by atoms with Gasteiger partial charge in [-0.25, -0.2) is 0 Å². The van der Waals surface area contributed by atoms with Gasteiger partial charge in [-0.05, 0) is 67.3 Å². The van der Waals surface area contributed by atoms with E-state index in [0.717, 1.165) is 27.6 Å². The molecule has 6 nitrogen and oxygen atoms in total. The number of hydrogen-bond donors (Lipinski definition) is 3. The molecule has 4 N–H and O–H groups in total. The third-order valence-corrected chi connectivity index (χ3v) is 5.74. The number of allylic oxidation sites excluding steroid dienone is 1. The van der Waals surface area contributed by atoms with Gasteiger partial charge in [0.15, 0.2) is 6.19 Å². The van der Waals surface area contributed by atoms with Crippen molar-refractivity contribution in [3.05, 3.63) is 47.7 Å². The minimum absolute atomic E-state index is 0.0663. The zero-order chi connectivity index (χ0) is 20.5. The van der Waals surface area contributed by atoms with Gasteiger partial charge in [0.1, 0.15) is 0 Å². The van der Waals surface area contributed by atoms with Gasteiger partial charge in [0.25, 0.3) is 0 Å². The van der Waals surface area contributed by atoms with E-state index >= 15 is 0 Å². The summed E-state index contributed by atoms with van der Waals surface area (Å²) in [6.45, 7) is 6.43. The Morgan fingerprint density at radius 3 is 2.71 bits per heavy atom. The van der Waals surface area contributed by atoms with E-state index in [1.165, 1.54) is 12.4 Å². The van der Waals surface area contributed by atoms with Crippen LogP contribution < -0.4 is 11.1 Å². The normalized spacial score (nSPS) is 18.7. The maximum atomic E-state index is 12.9. The molecule has 144 valence electrons. The minimum atomic E-state index is -0.498. The molecule has 1 aliphatic heterocycles. The van der Waals surface area contributed by atoms with E-state index in [-0.39, 0.29) is 11.8 Å². The van der Waals surface area contributed by atoms with Crippen molar-refractivity contribution < 1.29 is 4.79 Å². The average Bonchev–Trinajstić information content (AvgIpc) is 2.97. The molecule has 1 atom stereocenters. The summed E-state index contributed by atoms with van der Waals surface area (Å²) in [7, 11) is 0. The fourth-order valence-corrected chi connectivity index (χ4v) is 3.89. The molecule has 1 amide bonds. The lowest BCUT2D eigenvalue weighted by Crippen LogP contribution is -2.44. The number of nitrogens with two attached hydrogens (primary N) is 1. The van der Waals surface area contributed by atoms with Crippen molar-refractivity contribution in [1.82, 2.24) is 4.90 Å². The van der Waals surface area contributed by atoms with E-state index in [1.54, 1.807) is 4.90 Å². The molecule has 0 unspecified atom stereocenters. The Bertz CT molecular complexity index is 1020. The Kier molecular flexibility index (Phi) is 5.10. The molecule has 2 aromatic rings. The second kappa shape index (κ2) is 7.35. The van der Waals surface area contributed by atoms with Gasteiger partial charge in [-0.2, -0.15) is 5.26 Å². The highest BCUT2D eigenvalue weighted by Crippen LogP contribution is 2.35. The van der Waals surface area contributed by atoms with E-state index < -0.39 is 5.54 Å². The number of benzene rings is 2. The summed E-state index contributed by atoms with van der Waals surface area (Å²) in [5.41, 5.74) is 8.33. The molecule has 1 heterocycles. The van der Waals surface area contributed by atoms with Gasteiger partial charge in [0, 0.05) is 30.2 Å². The van der Waals surface area contributed by atoms with E-state index in [0.29, 0.717) is 18.5 Å². The number of nitrogens with one attached hydrogen (secondary N) is 2. The van der Waals surface area contributed by atoms with Gasteiger partial charge in [0.2, 0.25) is 5.91 Å². The summed E-state index contributed by atoms with van der Waals surface area (Å²) in [6, 6.07) is 9.87. The Labute approximate surface area is 165 Å². The lowest BCUT2D eigenvalue weighted by molar-refractivity contribution is -0.121. The Morgan fingerprint density at radius 2 is 2.11 bits per heavy atom. The largest absolute Gasteiger partial charge is 0.404 e. The fourth-order valence-electron chi connectivity index (χ4n) is 3.89. The molecule has 1 aliphatic rings. The first-order valence-corrected chi connectivity index (χ1v) is 9.27. The maximum absolute atomic E-state index is 12.9.